The zero-order valence-corrected chi connectivity index (χ0v) is 11.8. The average Bonchev–Trinajstić information content (AvgIpc) is 2.84. The molecule has 0 saturated heterocycles. The predicted octanol–water partition coefficient (Wildman–Crippen LogP) is 1.02. The van der Waals surface area contributed by atoms with E-state index in [0.29, 0.717) is 5.16 Å². The van der Waals surface area contributed by atoms with Gasteiger partial charge in [0.15, 0.2) is 0 Å². The topological polar surface area (TPSA) is 129 Å². The van der Waals surface area contributed by atoms with E-state index in [9.17, 15) is 14.9 Å². The molecule has 2 aromatic rings. The van der Waals surface area contributed by atoms with Gasteiger partial charge in [0.2, 0.25) is 11.1 Å². The third-order valence-electron chi connectivity index (χ3n) is 2.55. The summed E-state index contributed by atoms with van der Waals surface area (Å²) in [5, 5.41) is 20.6. The minimum Gasteiger partial charge on any atom is -0.336 e. The molecule has 0 radical (unpaired) electrons. The Bertz CT molecular complexity index is 673. The SMILES string of the molecule is CC(Sc1nncn1N)C(=O)Nc1ccccc1[N+](=O)[O-]. The van der Waals surface area contributed by atoms with Gasteiger partial charge in [0, 0.05) is 6.07 Å². The summed E-state index contributed by atoms with van der Waals surface area (Å²) in [6.07, 6.45) is 1.31. The molecule has 1 heterocycles. The van der Waals surface area contributed by atoms with Crippen molar-refractivity contribution in [3.05, 3.63) is 40.7 Å². The first-order valence-electron chi connectivity index (χ1n) is 5.85. The molecule has 0 bridgehead atoms. The molecular weight excluding hydrogens is 296 g/mol. The molecule has 1 amide bonds. The van der Waals surface area contributed by atoms with Crippen molar-refractivity contribution in [2.75, 3.05) is 11.2 Å². The van der Waals surface area contributed by atoms with E-state index in [4.69, 9.17) is 5.84 Å². The molecule has 0 aliphatic rings. The lowest BCUT2D eigenvalue weighted by atomic mass is 10.2. The molecule has 10 heteroatoms. The van der Waals surface area contributed by atoms with Gasteiger partial charge in [0.05, 0.1) is 10.2 Å². The number of carbonyl (C=O) groups is 1. The quantitative estimate of drug-likeness (QED) is 0.365. The number of hydrogen-bond acceptors (Lipinski definition) is 7. The number of rotatable bonds is 5. The summed E-state index contributed by atoms with van der Waals surface area (Å²) < 4.78 is 1.19. The molecule has 0 fully saturated rings. The number of nitrogens with two attached hydrogens (primary N) is 1. The number of para-hydroxylation sites is 2. The fourth-order valence-corrected chi connectivity index (χ4v) is 2.25. The van der Waals surface area contributed by atoms with Crippen molar-refractivity contribution < 1.29 is 9.72 Å². The number of nitrogens with one attached hydrogen (secondary N) is 1. The highest BCUT2D eigenvalue weighted by Crippen LogP contribution is 2.25. The molecule has 1 atom stereocenters. The van der Waals surface area contributed by atoms with Crippen molar-refractivity contribution in [2.45, 2.75) is 17.3 Å². The Morgan fingerprint density at radius 3 is 2.86 bits per heavy atom. The number of nitrogen functional groups attached to an aromatic ring is 1. The summed E-state index contributed by atoms with van der Waals surface area (Å²) in [6, 6.07) is 5.93. The maximum atomic E-state index is 12.1. The van der Waals surface area contributed by atoms with E-state index in [2.05, 4.69) is 15.5 Å². The van der Waals surface area contributed by atoms with Crippen LogP contribution in [0.25, 0.3) is 0 Å². The van der Waals surface area contributed by atoms with Crippen molar-refractivity contribution in [1.82, 2.24) is 14.9 Å². The molecule has 0 aliphatic heterocycles. The second-order valence-corrected chi connectivity index (χ2v) is 5.35. The normalized spacial score (nSPS) is 11.9. The van der Waals surface area contributed by atoms with Crippen molar-refractivity contribution in [1.29, 1.82) is 0 Å². The average molecular weight is 308 g/mol. The Labute approximate surface area is 123 Å². The molecule has 110 valence electrons. The summed E-state index contributed by atoms with van der Waals surface area (Å²) in [7, 11) is 0. The number of nitro groups is 1. The number of amides is 1. The largest absolute Gasteiger partial charge is 0.336 e. The molecule has 0 saturated carbocycles. The number of thioether (sulfide) groups is 1. The van der Waals surface area contributed by atoms with Gasteiger partial charge in [-0.2, -0.15) is 0 Å². The van der Waals surface area contributed by atoms with Crippen LogP contribution in [-0.2, 0) is 4.79 Å². The van der Waals surface area contributed by atoms with E-state index in [1.807, 2.05) is 0 Å². The standard InChI is InChI=1S/C11H12N6O3S/c1-7(21-11-15-13-6-16(11)12)10(18)14-8-4-2-3-5-9(8)17(19)20/h2-7H,12H2,1H3,(H,14,18). The molecule has 21 heavy (non-hydrogen) atoms. The number of carbonyl (C=O) groups excluding carboxylic acids is 1. The zero-order valence-electron chi connectivity index (χ0n) is 11.0. The number of hydrogen-bond donors (Lipinski definition) is 2. The van der Waals surface area contributed by atoms with Crippen LogP contribution >= 0.6 is 11.8 Å². The van der Waals surface area contributed by atoms with E-state index in [0.717, 1.165) is 11.8 Å². The number of nitro benzene ring substituents is 1. The fourth-order valence-electron chi connectivity index (χ4n) is 1.50. The van der Waals surface area contributed by atoms with Gasteiger partial charge in [-0.05, 0) is 13.0 Å². The van der Waals surface area contributed by atoms with Crippen LogP contribution in [0.3, 0.4) is 0 Å². The lowest BCUT2D eigenvalue weighted by Crippen LogP contribution is -2.23. The third kappa shape index (κ3) is 3.48. The van der Waals surface area contributed by atoms with Crippen LogP contribution < -0.4 is 11.2 Å². The van der Waals surface area contributed by atoms with Crippen LogP contribution in [0.2, 0.25) is 0 Å². The monoisotopic (exact) mass is 308 g/mol. The van der Waals surface area contributed by atoms with Crippen LogP contribution in [0.4, 0.5) is 11.4 Å². The molecule has 9 nitrogen and oxygen atoms in total. The van der Waals surface area contributed by atoms with E-state index in [1.165, 1.54) is 29.2 Å². The smallest absolute Gasteiger partial charge is 0.292 e. The van der Waals surface area contributed by atoms with Crippen molar-refractivity contribution in [3.8, 4) is 0 Å². The maximum absolute atomic E-state index is 12.1. The summed E-state index contributed by atoms with van der Waals surface area (Å²) >= 11 is 1.10. The Kier molecular flexibility index (Phi) is 4.38. The highest BCUT2D eigenvalue weighted by molar-refractivity contribution is 8.00. The second-order valence-electron chi connectivity index (χ2n) is 4.04. The number of anilines is 1. The molecule has 1 unspecified atom stereocenters. The minimum absolute atomic E-state index is 0.147. The van der Waals surface area contributed by atoms with Crippen LogP contribution in [0, 0.1) is 10.1 Å². The highest BCUT2D eigenvalue weighted by Gasteiger charge is 2.21. The molecule has 0 aliphatic carbocycles. The van der Waals surface area contributed by atoms with Gasteiger partial charge in [-0.15, -0.1) is 10.2 Å². The van der Waals surface area contributed by atoms with E-state index in [-0.39, 0.29) is 11.4 Å². The number of benzene rings is 1. The van der Waals surface area contributed by atoms with Gasteiger partial charge >= 0.3 is 0 Å². The van der Waals surface area contributed by atoms with E-state index >= 15 is 0 Å². The summed E-state index contributed by atoms with van der Waals surface area (Å²) in [5.41, 5.74) is -0.0146. The maximum Gasteiger partial charge on any atom is 0.292 e. The number of aromatic nitrogens is 3. The Morgan fingerprint density at radius 1 is 1.52 bits per heavy atom. The first kappa shape index (κ1) is 14.8. The van der Waals surface area contributed by atoms with Gasteiger partial charge in [0.1, 0.15) is 12.0 Å². The second kappa shape index (κ2) is 6.22. The summed E-state index contributed by atoms with van der Waals surface area (Å²) in [5.74, 6) is 5.16. The molecule has 3 N–H and O–H groups in total. The highest BCUT2D eigenvalue weighted by atomic mass is 32.2. The van der Waals surface area contributed by atoms with Gasteiger partial charge in [-0.3, -0.25) is 14.9 Å². The molecule has 1 aromatic carbocycles. The van der Waals surface area contributed by atoms with Crippen molar-refractivity contribution in [2.24, 2.45) is 0 Å². The van der Waals surface area contributed by atoms with E-state index in [1.54, 1.807) is 13.0 Å². The van der Waals surface area contributed by atoms with Crippen molar-refractivity contribution >= 4 is 29.0 Å². The van der Waals surface area contributed by atoms with Crippen LogP contribution in [0.5, 0.6) is 0 Å². The lowest BCUT2D eigenvalue weighted by Gasteiger charge is -2.11. The van der Waals surface area contributed by atoms with Gasteiger partial charge in [-0.25, -0.2) is 4.68 Å². The van der Waals surface area contributed by atoms with Crippen molar-refractivity contribution in [3.63, 3.8) is 0 Å². The third-order valence-corrected chi connectivity index (χ3v) is 3.62. The minimum atomic E-state index is -0.552. The first-order chi connectivity index (χ1) is 9.99. The molecule has 2 rings (SSSR count). The summed E-state index contributed by atoms with van der Waals surface area (Å²) in [6.45, 7) is 1.64. The molecular formula is C11H12N6O3S. The van der Waals surface area contributed by atoms with Gasteiger partial charge < -0.3 is 11.2 Å². The van der Waals surface area contributed by atoms with Crippen LogP contribution in [-0.4, -0.2) is 31.0 Å². The predicted molar refractivity (Wildman–Crippen MR) is 77.2 cm³/mol. The van der Waals surface area contributed by atoms with Crippen LogP contribution in [0.1, 0.15) is 6.92 Å². The molecule has 1 aromatic heterocycles. The zero-order chi connectivity index (χ0) is 15.4. The Hall–Kier alpha value is -2.62. The van der Waals surface area contributed by atoms with Gasteiger partial charge in [-0.1, -0.05) is 23.9 Å². The number of nitrogens with zero attached hydrogens (tertiary/aromatic N) is 4. The van der Waals surface area contributed by atoms with E-state index < -0.39 is 16.1 Å². The Morgan fingerprint density at radius 2 is 2.24 bits per heavy atom. The molecule has 0 spiro atoms. The fraction of sp³-hybridized carbons (Fsp3) is 0.182. The summed E-state index contributed by atoms with van der Waals surface area (Å²) in [4.78, 5) is 22.4. The lowest BCUT2D eigenvalue weighted by molar-refractivity contribution is -0.383. The first-order valence-corrected chi connectivity index (χ1v) is 6.73. The van der Waals surface area contributed by atoms with Crippen LogP contribution in [0.15, 0.2) is 35.7 Å². The Balaban J connectivity index is 2.08. The van der Waals surface area contributed by atoms with Gasteiger partial charge in [0.25, 0.3) is 5.69 Å².